The van der Waals surface area contributed by atoms with Crippen molar-refractivity contribution in [3.8, 4) is 6.07 Å². The highest BCUT2D eigenvalue weighted by atomic mass is 19.3. The third-order valence-corrected chi connectivity index (χ3v) is 8.59. The summed E-state index contributed by atoms with van der Waals surface area (Å²) in [4.78, 5) is 21.5. The van der Waals surface area contributed by atoms with Gasteiger partial charge in [-0.1, -0.05) is 50.6 Å². The van der Waals surface area contributed by atoms with Crippen molar-refractivity contribution in [3.63, 3.8) is 0 Å². The number of rotatable bonds is 13. The van der Waals surface area contributed by atoms with Crippen LogP contribution in [0.1, 0.15) is 107 Å². The average Bonchev–Trinajstić information content (AvgIpc) is 3.18. The van der Waals surface area contributed by atoms with Crippen molar-refractivity contribution >= 4 is 11.8 Å². The summed E-state index contributed by atoms with van der Waals surface area (Å²) < 4.78 is 37.4. The number of ether oxygens (including phenoxy) is 1. The molecular weight excluding hydrogens is 582 g/mol. The van der Waals surface area contributed by atoms with Crippen molar-refractivity contribution < 1.29 is 18.3 Å². The molecule has 1 aliphatic carbocycles. The fourth-order valence-corrected chi connectivity index (χ4v) is 6.34. The van der Waals surface area contributed by atoms with Gasteiger partial charge in [0.15, 0.2) is 0 Å². The van der Waals surface area contributed by atoms with E-state index in [0.29, 0.717) is 42.8 Å². The largest absolute Gasteiger partial charge is 0.444 e. The number of nitrogens with zero attached hydrogens (tertiary/aromatic N) is 4. The van der Waals surface area contributed by atoms with E-state index in [1.807, 2.05) is 59.8 Å². The second-order valence-electron chi connectivity index (χ2n) is 13.4. The molecule has 1 saturated heterocycles. The fraction of sp³-hybridized carbons (Fsp3) is 0.605. The second-order valence-corrected chi connectivity index (χ2v) is 13.4. The van der Waals surface area contributed by atoms with Crippen molar-refractivity contribution in [2.24, 2.45) is 10.9 Å². The number of aliphatic imine (C=N–C) groups is 1. The molecule has 0 aromatic carbocycles. The molecule has 1 heterocycles. The van der Waals surface area contributed by atoms with Crippen LogP contribution >= 0.6 is 0 Å². The first-order valence-corrected chi connectivity index (χ1v) is 16.8. The molecule has 0 saturated carbocycles. The Morgan fingerprint density at radius 2 is 1.83 bits per heavy atom. The van der Waals surface area contributed by atoms with E-state index in [1.54, 1.807) is 18.7 Å². The van der Waals surface area contributed by atoms with Gasteiger partial charge in [0.05, 0.1) is 11.6 Å². The van der Waals surface area contributed by atoms with E-state index in [-0.39, 0.29) is 36.1 Å². The third-order valence-electron chi connectivity index (χ3n) is 8.59. The average molecular weight is 639 g/mol. The zero-order chi connectivity index (χ0) is 34.7. The van der Waals surface area contributed by atoms with Crippen LogP contribution in [0.25, 0.3) is 0 Å². The first-order valence-electron chi connectivity index (χ1n) is 16.8. The van der Waals surface area contributed by atoms with Crippen LogP contribution in [0.5, 0.6) is 0 Å². The topological polar surface area (TPSA) is 68.9 Å². The van der Waals surface area contributed by atoms with Gasteiger partial charge in [0.1, 0.15) is 5.60 Å². The van der Waals surface area contributed by atoms with Crippen LogP contribution in [0.15, 0.2) is 76.1 Å². The van der Waals surface area contributed by atoms with Gasteiger partial charge in [-0.05, 0) is 98.6 Å². The standard InChI is InChI=1S/C38H56F2N4O2/c1-11-22-38(39,40)33(13-3)35(29(7)43-25-28(6)44(26-27(43)5)36(45)46-37(8,9)10)34(42-14-4)21-16-15-19-32-23-30(24-41)18-17-20-31(32)12-2/h13-14,17-18,20,23,27-28,31H,4,11-12,15-16,19,21-22,25-26H2,1-3,5-10H3/b33-13+,35-29+,42-34?/t27-,28-,31?/m1/s1. The van der Waals surface area contributed by atoms with E-state index in [4.69, 9.17) is 4.74 Å². The number of hydrogen-bond donors (Lipinski definition) is 0. The maximum Gasteiger partial charge on any atom is 0.410 e. The van der Waals surface area contributed by atoms with Crippen LogP contribution in [0.2, 0.25) is 0 Å². The highest BCUT2D eigenvalue weighted by Crippen LogP contribution is 2.39. The molecule has 6 nitrogen and oxygen atoms in total. The number of allylic oxidation sites excluding steroid dienone is 10. The smallest absolute Gasteiger partial charge is 0.410 e. The Kier molecular flexibility index (Phi) is 14.7. The fourth-order valence-electron chi connectivity index (χ4n) is 6.34. The monoisotopic (exact) mass is 638 g/mol. The summed E-state index contributed by atoms with van der Waals surface area (Å²) in [6, 6.07) is 1.94. The number of hydrogen-bond acceptors (Lipinski definition) is 5. The van der Waals surface area contributed by atoms with E-state index in [9.17, 15) is 10.1 Å². The summed E-state index contributed by atoms with van der Waals surface area (Å²) in [5, 5.41) is 9.49. The molecule has 0 N–H and O–H groups in total. The predicted molar refractivity (Wildman–Crippen MR) is 186 cm³/mol. The molecule has 0 spiro atoms. The van der Waals surface area contributed by atoms with Gasteiger partial charge in [-0.3, -0.25) is 4.99 Å². The van der Waals surface area contributed by atoms with Gasteiger partial charge in [-0.2, -0.15) is 5.26 Å². The van der Waals surface area contributed by atoms with Crippen molar-refractivity contribution in [2.45, 2.75) is 131 Å². The molecule has 2 rings (SSSR count). The molecule has 0 aromatic rings. The lowest BCUT2D eigenvalue weighted by Gasteiger charge is -2.46. The Morgan fingerprint density at radius 1 is 1.17 bits per heavy atom. The zero-order valence-electron chi connectivity index (χ0n) is 29.6. The zero-order valence-corrected chi connectivity index (χ0v) is 29.6. The Bertz CT molecular complexity index is 1310. The molecule has 1 fully saturated rings. The number of amides is 1. The lowest BCUT2D eigenvalue weighted by Crippen LogP contribution is -2.58. The summed E-state index contributed by atoms with van der Waals surface area (Å²) in [6.45, 7) is 21.7. The molecule has 0 bridgehead atoms. The van der Waals surface area contributed by atoms with E-state index in [1.165, 1.54) is 17.8 Å². The Labute approximate surface area is 277 Å². The molecule has 1 aliphatic heterocycles. The highest BCUT2D eigenvalue weighted by molar-refractivity contribution is 6.05. The van der Waals surface area contributed by atoms with Gasteiger partial charge in [-0.15, -0.1) is 0 Å². The van der Waals surface area contributed by atoms with E-state index >= 15 is 8.78 Å². The van der Waals surface area contributed by atoms with Crippen LogP contribution in [0, 0.1) is 17.2 Å². The number of halogens is 2. The van der Waals surface area contributed by atoms with Crippen molar-refractivity contribution in [2.75, 3.05) is 13.1 Å². The lowest BCUT2D eigenvalue weighted by molar-refractivity contribution is -0.00432. The Morgan fingerprint density at radius 3 is 2.39 bits per heavy atom. The van der Waals surface area contributed by atoms with Crippen LogP contribution in [0.3, 0.4) is 0 Å². The van der Waals surface area contributed by atoms with Gasteiger partial charge in [0.2, 0.25) is 0 Å². The second kappa shape index (κ2) is 17.4. The van der Waals surface area contributed by atoms with Crippen LogP contribution in [-0.2, 0) is 4.74 Å². The molecule has 1 amide bonds. The minimum absolute atomic E-state index is 0.0201. The quantitative estimate of drug-likeness (QED) is 0.114. The number of unbranched alkanes of at least 4 members (excludes halogenated alkanes) is 1. The number of carbonyl (C=O) groups excluding carboxylic acids is 1. The maximum atomic E-state index is 15.9. The van der Waals surface area contributed by atoms with Crippen LogP contribution in [-0.4, -0.2) is 58.3 Å². The summed E-state index contributed by atoms with van der Waals surface area (Å²) in [5.41, 5.74) is 2.99. The lowest BCUT2D eigenvalue weighted by atomic mass is 9.87. The molecule has 1 unspecified atom stereocenters. The summed E-state index contributed by atoms with van der Waals surface area (Å²) in [6.07, 6.45) is 14.4. The van der Waals surface area contributed by atoms with Crippen molar-refractivity contribution in [3.05, 3.63) is 71.1 Å². The van der Waals surface area contributed by atoms with Crippen LogP contribution < -0.4 is 0 Å². The molecule has 8 heteroatoms. The number of piperazine rings is 1. The van der Waals surface area contributed by atoms with Gasteiger partial charge < -0.3 is 14.5 Å². The SMILES string of the molecule is C=CN=C(CCCCC1=CC(C#N)=CC=CC1CC)C(/C(=C\C)C(F)(F)CCC)=C(\C)N1C[C@@H](C)N(C(=O)OC(C)(C)C)C[C@H]1C. The molecular formula is C38H56F2N4O2. The molecule has 2 aliphatic rings. The van der Waals surface area contributed by atoms with E-state index in [0.717, 1.165) is 31.4 Å². The Balaban J connectivity index is 2.46. The number of nitriles is 1. The Hall–Kier alpha value is -3.47. The minimum Gasteiger partial charge on any atom is -0.444 e. The number of alkyl halides is 2. The van der Waals surface area contributed by atoms with Gasteiger partial charge in [0.25, 0.3) is 5.92 Å². The summed E-state index contributed by atoms with van der Waals surface area (Å²) in [7, 11) is 0. The minimum atomic E-state index is -3.04. The highest BCUT2D eigenvalue weighted by Gasteiger charge is 2.40. The molecule has 0 aromatic heterocycles. The summed E-state index contributed by atoms with van der Waals surface area (Å²) >= 11 is 0. The summed E-state index contributed by atoms with van der Waals surface area (Å²) in [5.74, 6) is -2.77. The predicted octanol–water partition coefficient (Wildman–Crippen LogP) is 10.1. The number of carbonyl (C=O) groups is 1. The molecule has 0 radical (unpaired) electrons. The third kappa shape index (κ3) is 10.5. The first kappa shape index (κ1) is 38.7. The normalized spacial score (nSPS) is 22.0. The van der Waals surface area contributed by atoms with Gasteiger partial charge in [-0.25, -0.2) is 13.6 Å². The van der Waals surface area contributed by atoms with E-state index < -0.39 is 11.5 Å². The molecule has 46 heavy (non-hydrogen) atoms. The van der Waals surface area contributed by atoms with Crippen LogP contribution in [0.4, 0.5) is 13.6 Å². The maximum absolute atomic E-state index is 15.9. The van der Waals surface area contributed by atoms with E-state index in [2.05, 4.69) is 35.5 Å². The first-order chi connectivity index (χ1) is 21.6. The molecule has 254 valence electrons. The molecule has 3 atom stereocenters. The van der Waals surface area contributed by atoms with Gasteiger partial charge >= 0.3 is 6.09 Å². The van der Waals surface area contributed by atoms with Crippen molar-refractivity contribution in [1.82, 2.24) is 9.80 Å². The van der Waals surface area contributed by atoms with Gasteiger partial charge in [0, 0.05) is 60.3 Å². The van der Waals surface area contributed by atoms with Crippen molar-refractivity contribution in [1.29, 1.82) is 5.26 Å².